The molecule has 0 amide bonds. The van der Waals surface area contributed by atoms with Crippen LogP contribution in [0.4, 0.5) is 0 Å². The number of hydrogen-bond donors (Lipinski definition) is 0. The van der Waals surface area contributed by atoms with Crippen LogP contribution in [0.25, 0.3) is 0 Å². The van der Waals surface area contributed by atoms with Crippen LogP contribution in [0.1, 0.15) is 40.0 Å². The molecule has 0 bridgehead atoms. The Hall–Kier alpha value is -0.570. The van der Waals surface area contributed by atoms with Gasteiger partial charge in [0.2, 0.25) is 0 Å². The highest BCUT2D eigenvalue weighted by molar-refractivity contribution is 5.85. The van der Waals surface area contributed by atoms with Gasteiger partial charge in [0.05, 0.1) is 6.61 Å². The lowest BCUT2D eigenvalue weighted by atomic mass is 9.67. The summed E-state index contributed by atoms with van der Waals surface area (Å²) in [6.07, 6.45) is 2.91. The number of rotatable bonds is 3. The second-order valence-electron chi connectivity index (χ2n) is 4.33. The Labute approximate surface area is 84.8 Å². The van der Waals surface area contributed by atoms with Crippen molar-refractivity contribution >= 4 is 5.97 Å². The summed E-state index contributed by atoms with van der Waals surface area (Å²) in [5.74, 6) is 0.348. The van der Waals surface area contributed by atoms with E-state index in [0.29, 0.717) is 12.5 Å². The third kappa shape index (κ3) is 0.937. The molecule has 1 aliphatic carbocycles. The molecule has 1 heterocycles. The van der Waals surface area contributed by atoms with Gasteiger partial charge in [-0.25, -0.2) is 4.79 Å². The monoisotopic (exact) mass is 198 g/mol. The molecule has 3 atom stereocenters. The summed E-state index contributed by atoms with van der Waals surface area (Å²) in [6.45, 7) is 6.42. The van der Waals surface area contributed by atoms with Crippen LogP contribution in [-0.2, 0) is 14.3 Å². The van der Waals surface area contributed by atoms with E-state index >= 15 is 0 Å². The van der Waals surface area contributed by atoms with Gasteiger partial charge in [0.1, 0.15) is 5.60 Å². The molecular formula is C11H18O3. The fraction of sp³-hybridized carbons (Fsp3) is 0.909. The van der Waals surface area contributed by atoms with E-state index in [1.807, 2.05) is 13.8 Å². The molecule has 80 valence electrons. The first-order valence-electron chi connectivity index (χ1n) is 5.50. The maximum absolute atomic E-state index is 11.8. The summed E-state index contributed by atoms with van der Waals surface area (Å²) in [7, 11) is 0. The predicted octanol–water partition coefficient (Wildman–Crippen LogP) is 1.90. The minimum atomic E-state index is -0.597. The average molecular weight is 198 g/mol. The SMILES string of the molecule is CCOC(=O)C1(CC)OC12CCC2C. The minimum absolute atomic E-state index is 0.158. The van der Waals surface area contributed by atoms with Crippen LogP contribution < -0.4 is 0 Å². The van der Waals surface area contributed by atoms with Crippen molar-refractivity contribution in [2.24, 2.45) is 5.92 Å². The molecule has 0 aromatic heterocycles. The summed E-state index contributed by atoms with van der Waals surface area (Å²) < 4.78 is 10.8. The molecule has 1 aliphatic heterocycles. The summed E-state index contributed by atoms with van der Waals surface area (Å²) in [4.78, 5) is 11.8. The van der Waals surface area contributed by atoms with Gasteiger partial charge in [-0.1, -0.05) is 13.8 Å². The van der Waals surface area contributed by atoms with Gasteiger partial charge in [-0.05, 0) is 32.1 Å². The molecule has 3 nitrogen and oxygen atoms in total. The van der Waals surface area contributed by atoms with E-state index in [4.69, 9.17) is 9.47 Å². The van der Waals surface area contributed by atoms with Gasteiger partial charge in [0.15, 0.2) is 5.60 Å². The first-order valence-corrected chi connectivity index (χ1v) is 5.50. The fourth-order valence-electron chi connectivity index (χ4n) is 2.71. The van der Waals surface area contributed by atoms with Gasteiger partial charge < -0.3 is 9.47 Å². The predicted molar refractivity (Wildman–Crippen MR) is 51.9 cm³/mol. The van der Waals surface area contributed by atoms with E-state index in [9.17, 15) is 4.79 Å². The van der Waals surface area contributed by atoms with Crippen molar-refractivity contribution in [3.63, 3.8) is 0 Å². The zero-order chi connectivity index (χ0) is 10.4. The summed E-state index contributed by atoms with van der Waals surface area (Å²) in [5.41, 5.74) is -0.755. The maximum Gasteiger partial charge on any atom is 0.341 e. The lowest BCUT2D eigenvalue weighted by molar-refractivity contribution is -0.149. The van der Waals surface area contributed by atoms with Gasteiger partial charge in [-0.2, -0.15) is 0 Å². The number of carbonyl (C=O) groups is 1. The van der Waals surface area contributed by atoms with Gasteiger partial charge in [-0.3, -0.25) is 0 Å². The maximum atomic E-state index is 11.8. The number of esters is 1. The zero-order valence-corrected chi connectivity index (χ0v) is 9.13. The largest absolute Gasteiger partial charge is 0.464 e. The van der Waals surface area contributed by atoms with Crippen LogP contribution >= 0.6 is 0 Å². The third-order valence-corrected chi connectivity index (χ3v) is 3.85. The highest BCUT2D eigenvalue weighted by atomic mass is 16.7. The zero-order valence-electron chi connectivity index (χ0n) is 9.13. The topological polar surface area (TPSA) is 38.8 Å². The summed E-state index contributed by atoms with van der Waals surface area (Å²) >= 11 is 0. The van der Waals surface area contributed by atoms with Crippen molar-refractivity contribution in [1.29, 1.82) is 0 Å². The molecule has 2 rings (SSSR count). The molecule has 0 aromatic carbocycles. The third-order valence-electron chi connectivity index (χ3n) is 3.85. The van der Waals surface area contributed by atoms with Crippen LogP contribution in [-0.4, -0.2) is 23.8 Å². The minimum Gasteiger partial charge on any atom is -0.464 e. The van der Waals surface area contributed by atoms with E-state index in [-0.39, 0.29) is 11.6 Å². The number of ether oxygens (including phenoxy) is 2. The standard InChI is InChI=1S/C11H18O3/c1-4-10(9(12)13-5-2)11(14-10)7-6-8(11)3/h8H,4-7H2,1-3H3. The number of epoxide rings is 1. The van der Waals surface area contributed by atoms with Crippen molar-refractivity contribution in [3.05, 3.63) is 0 Å². The van der Waals surface area contributed by atoms with Gasteiger partial charge in [0.25, 0.3) is 0 Å². The Balaban J connectivity index is 2.11. The molecule has 14 heavy (non-hydrogen) atoms. The Bertz CT molecular complexity index is 263. The van der Waals surface area contributed by atoms with Crippen molar-refractivity contribution in [3.8, 4) is 0 Å². The van der Waals surface area contributed by atoms with Crippen molar-refractivity contribution in [2.75, 3.05) is 6.61 Å². The lowest BCUT2D eigenvalue weighted by Crippen LogP contribution is -2.45. The fourth-order valence-corrected chi connectivity index (χ4v) is 2.71. The molecule has 0 aromatic rings. The number of hydrogen-bond acceptors (Lipinski definition) is 3. The highest BCUT2D eigenvalue weighted by Crippen LogP contribution is 2.65. The van der Waals surface area contributed by atoms with E-state index in [0.717, 1.165) is 12.8 Å². The molecule has 0 N–H and O–H groups in total. The molecule has 3 unspecified atom stereocenters. The lowest BCUT2D eigenvalue weighted by Gasteiger charge is -2.33. The van der Waals surface area contributed by atoms with Crippen LogP contribution in [0, 0.1) is 5.92 Å². The van der Waals surface area contributed by atoms with Crippen molar-refractivity contribution in [1.82, 2.24) is 0 Å². The average Bonchev–Trinajstić information content (AvgIpc) is 2.89. The molecular weight excluding hydrogens is 180 g/mol. The van der Waals surface area contributed by atoms with Crippen LogP contribution in [0.3, 0.4) is 0 Å². The van der Waals surface area contributed by atoms with Crippen LogP contribution in [0.2, 0.25) is 0 Å². The van der Waals surface area contributed by atoms with Gasteiger partial charge >= 0.3 is 5.97 Å². The van der Waals surface area contributed by atoms with Gasteiger partial charge in [0, 0.05) is 0 Å². The first kappa shape index (κ1) is 9.97. The molecule has 2 fully saturated rings. The molecule has 0 radical (unpaired) electrons. The van der Waals surface area contributed by atoms with Gasteiger partial charge in [-0.15, -0.1) is 0 Å². The molecule has 1 saturated heterocycles. The second-order valence-corrected chi connectivity index (χ2v) is 4.33. The normalized spacial score (nSPS) is 44.6. The smallest absolute Gasteiger partial charge is 0.341 e. The van der Waals surface area contributed by atoms with Crippen molar-refractivity contribution in [2.45, 2.75) is 51.2 Å². The Kier molecular flexibility index (Phi) is 2.11. The van der Waals surface area contributed by atoms with E-state index in [2.05, 4.69) is 6.92 Å². The summed E-state index contributed by atoms with van der Waals surface area (Å²) in [6, 6.07) is 0. The highest BCUT2D eigenvalue weighted by Gasteiger charge is 2.79. The summed E-state index contributed by atoms with van der Waals surface area (Å²) in [5, 5.41) is 0. The number of carbonyl (C=O) groups excluding carboxylic acids is 1. The molecule has 1 saturated carbocycles. The van der Waals surface area contributed by atoms with Crippen LogP contribution in [0.15, 0.2) is 0 Å². The van der Waals surface area contributed by atoms with E-state index in [1.165, 1.54) is 6.42 Å². The molecule has 3 heteroatoms. The second kappa shape index (κ2) is 2.96. The van der Waals surface area contributed by atoms with Crippen molar-refractivity contribution < 1.29 is 14.3 Å². The van der Waals surface area contributed by atoms with Crippen LogP contribution in [0.5, 0.6) is 0 Å². The van der Waals surface area contributed by atoms with E-state index < -0.39 is 5.60 Å². The molecule has 1 spiro atoms. The Morgan fingerprint density at radius 2 is 2.29 bits per heavy atom. The molecule has 2 aliphatic rings. The Morgan fingerprint density at radius 3 is 2.57 bits per heavy atom. The quantitative estimate of drug-likeness (QED) is 0.513. The Morgan fingerprint density at radius 1 is 1.57 bits per heavy atom. The van der Waals surface area contributed by atoms with E-state index in [1.54, 1.807) is 0 Å². The first-order chi connectivity index (χ1) is 6.63.